The monoisotopic (exact) mass is 602 g/mol. The average molecular weight is 603 g/mol. The Morgan fingerprint density at radius 2 is 1.41 bits per heavy atom. The van der Waals surface area contributed by atoms with Crippen LogP contribution in [0.1, 0.15) is 106 Å². The van der Waals surface area contributed by atoms with Gasteiger partial charge < -0.3 is 20.5 Å². The van der Waals surface area contributed by atoms with E-state index in [0.717, 1.165) is 23.1 Å². The molecule has 44 heavy (non-hydrogen) atoms. The Hall–Kier alpha value is -3.22. The number of rotatable bonds is 13. The number of nitrogens with two attached hydrogens (primary N) is 1. The van der Waals surface area contributed by atoms with Crippen molar-refractivity contribution in [2.24, 2.45) is 16.6 Å². The highest BCUT2D eigenvalue weighted by Gasteiger charge is 2.37. The smallest absolute Gasteiger partial charge is 0.338 e. The van der Waals surface area contributed by atoms with E-state index in [1.165, 1.54) is 23.1 Å². The van der Waals surface area contributed by atoms with E-state index in [-0.39, 0.29) is 39.7 Å². The molecule has 0 radical (unpaired) electrons. The normalized spacial score (nSPS) is 15.7. The van der Waals surface area contributed by atoms with Crippen LogP contribution in [0.25, 0.3) is 5.57 Å². The van der Waals surface area contributed by atoms with Gasteiger partial charge in [-0.15, -0.1) is 0 Å². The van der Waals surface area contributed by atoms with Crippen LogP contribution >= 0.6 is 0 Å². The third-order valence-corrected chi connectivity index (χ3v) is 8.96. The molecule has 0 bridgehead atoms. The standard InChI is InChI=1S/C38H54N2O4/c1-25-18-31-32(38(10,11)17-16-37(31,8)9)19-30(25)27(3)28-12-14-29(15-13-28)34(42)44-20-26(2)33(41)40-22-36(6,7)24-43-23-35(4,5)21-39/h12-15,18-19H,2-3,16-17,20-24,39H2,1,4-11H3,(H,40,41). The number of ether oxygens (including phenoxy) is 2. The van der Waals surface area contributed by atoms with Crippen LogP contribution in [0.3, 0.4) is 0 Å². The third-order valence-electron chi connectivity index (χ3n) is 8.96. The fourth-order valence-corrected chi connectivity index (χ4v) is 5.47. The van der Waals surface area contributed by atoms with Crippen molar-refractivity contribution in [1.82, 2.24) is 5.32 Å². The van der Waals surface area contributed by atoms with Crippen LogP contribution in [0, 0.1) is 17.8 Å². The molecule has 0 heterocycles. The zero-order chi connectivity index (χ0) is 33.1. The van der Waals surface area contributed by atoms with E-state index >= 15 is 0 Å². The second kappa shape index (κ2) is 13.4. The maximum atomic E-state index is 12.8. The summed E-state index contributed by atoms with van der Waals surface area (Å²) in [6, 6.07) is 11.9. The number of nitrogens with one attached hydrogen (secondary N) is 1. The lowest BCUT2D eigenvalue weighted by molar-refractivity contribution is -0.118. The Kier molecular flexibility index (Phi) is 10.8. The molecule has 6 heteroatoms. The molecule has 1 amide bonds. The molecule has 0 aromatic heterocycles. The second-order valence-corrected chi connectivity index (χ2v) is 15.4. The first-order valence-corrected chi connectivity index (χ1v) is 15.6. The van der Waals surface area contributed by atoms with Gasteiger partial charge in [-0.2, -0.15) is 0 Å². The van der Waals surface area contributed by atoms with Crippen molar-refractivity contribution in [2.45, 2.75) is 86.0 Å². The molecule has 0 fully saturated rings. The van der Waals surface area contributed by atoms with Crippen molar-refractivity contribution in [3.8, 4) is 0 Å². The molecular formula is C38H54N2O4. The van der Waals surface area contributed by atoms with Crippen molar-refractivity contribution >= 4 is 17.4 Å². The van der Waals surface area contributed by atoms with Gasteiger partial charge in [-0.05, 0) is 82.7 Å². The quantitative estimate of drug-likeness (QED) is 0.186. The average Bonchev–Trinajstić information content (AvgIpc) is 2.96. The molecule has 1 aliphatic rings. The Bertz CT molecular complexity index is 1400. The molecule has 0 saturated heterocycles. The van der Waals surface area contributed by atoms with Crippen molar-refractivity contribution in [2.75, 3.05) is 32.9 Å². The first kappa shape index (κ1) is 35.3. The lowest BCUT2D eigenvalue weighted by Crippen LogP contribution is -2.39. The van der Waals surface area contributed by atoms with Crippen LogP contribution < -0.4 is 11.1 Å². The lowest BCUT2D eigenvalue weighted by atomic mass is 9.62. The summed E-state index contributed by atoms with van der Waals surface area (Å²) in [5, 5.41) is 2.87. The minimum Gasteiger partial charge on any atom is -0.457 e. The summed E-state index contributed by atoms with van der Waals surface area (Å²) in [6.07, 6.45) is 2.32. The van der Waals surface area contributed by atoms with Gasteiger partial charge >= 0.3 is 5.97 Å². The second-order valence-electron chi connectivity index (χ2n) is 15.4. The van der Waals surface area contributed by atoms with Crippen molar-refractivity contribution in [3.63, 3.8) is 0 Å². The summed E-state index contributed by atoms with van der Waals surface area (Å²) < 4.78 is 11.2. The molecular weight excluding hydrogens is 548 g/mol. The third kappa shape index (κ3) is 8.70. The van der Waals surface area contributed by atoms with E-state index < -0.39 is 5.97 Å². The summed E-state index contributed by atoms with van der Waals surface area (Å²) in [6.45, 7) is 29.6. The maximum Gasteiger partial charge on any atom is 0.338 e. The minimum atomic E-state index is -0.513. The molecule has 0 unspecified atom stereocenters. The Labute approximate surface area is 265 Å². The van der Waals surface area contributed by atoms with E-state index in [4.69, 9.17) is 15.2 Å². The van der Waals surface area contributed by atoms with Gasteiger partial charge in [0.05, 0.1) is 18.8 Å². The highest BCUT2D eigenvalue weighted by atomic mass is 16.5. The van der Waals surface area contributed by atoms with Crippen LogP contribution in [0.15, 0.2) is 55.1 Å². The SMILES string of the molecule is C=C(COC(=O)c1ccc(C(=C)c2cc3c(cc2C)C(C)(C)CCC3(C)C)cc1)C(=O)NCC(C)(C)COCC(C)(C)CN. The van der Waals surface area contributed by atoms with E-state index in [1.54, 1.807) is 12.1 Å². The highest BCUT2D eigenvalue weighted by Crippen LogP contribution is 2.47. The van der Waals surface area contributed by atoms with Crippen molar-refractivity contribution in [3.05, 3.63) is 88.5 Å². The molecule has 240 valence electrons. The predicted molar refractivity (Wildman–Crippen MR) is 181 cm³/mol. The minimum absolute atomic E-state index is 0.0959. The van der Waals surface area contributed by atoms with Gasteiger partial charge in [0, 0.05) is 22.9 Å². The molecule has 2 aromatic carbocycles. The summed E-state index contributed by atoms with van der Waals surface area (Å²) in [7, 11) is 0. The molecule has 3 N–H and O–H groups in total. The summed E-state index contributed by atoms with van der Waals surface area (Å²) in [5.74, 6) is -0.868. The van der Waals surface area contributed by atoms with Crippen LogP contribution in [0.2, 0.25) is 0 Å². The number of hydrogen-bond acceptors (Lipinski definition) is 5. The molecule has 2 aromatic rings. The predicted octanol–water partition coefficient (Wildman–Crippen LogP) is 7.26. The summed E-state index contributed by atoms with van der Waals surface area (Å²) in [5.41, 5.74) is 13.2. The van der Waals surface area contributed by atoms with Crippen molar-refractivity contribution < 1.29 is 19.1 Å². The molecule has 0 saturated carbocycles. The van der Waals surface area contributed by atoms with E-state index in [0.29, 0.717) is 31.9 Å². The Balaban J connectivity index is 1.57. The zero-order valence-electron chi connectivity index (χ0n) is 28.5. The first-order valence-electron chi connectivity index (χ1n) is 15.6. The topological polar surface area (TPSA) is 90.7 Å². The molecule has 1 aliphatic carbocycles. The van der Waals surface area contributed by atoms with Crippen LogP contribution in [-0.2, 0) is 25.1 Å². The number of aryl methyl sites for hydroxylation is 1. The van der Waals surface area contributed by atoms with Gasteiger partial charge in [0.25, 0.3) is 0 Å². The number of carbonyl (C=O) groups is 2. The molecule has 3 rings (SSSR count). The largest absolute Gasteiger partial charge is 0.457 e. The van der Waals surface area contributed by atoms with Gasteiger partial charge in [0.1, 0.15) is 6.61 Å². The number of fused-ring (bicyclic) bond motifs is 1. The number of amides is 1. The van der Waals surface area contributed by atoms with Crippen LogP contribution in [0.4, 0.5) is 0 Å². The summed E-state index contributed by atoms with van der Waals surface area (Å²) in [4.78, 5) is 25.4. The van der Waals surface area contributed by atoms with Gasteiger partial charge in [-0.3, -0.25) is 4.79 Å². The number of hydrogen-bond donors (Lipinski definition) is 2. The highest BCUT2D eigenvalue weighted by molar-refractivity contribution is 5.94. The number of carbonyl (C=O) groups excluding carboxylic acids is 2. The van der Waals surface area contributed by atoms with Gasteiger partial charge in [-0.25, -0.2) is 4.79 Å². The van der Waals surface area contributed by atoms with Crippen LogP contribution in [0.5, 0.6) is 0 Å². The number of benzene rings is 2. The Morgan fingerprint density at radius 1 is 0.886 bits per heavy atom. The van der Waals surface area contributed by atoms with E-state index in [9.17, 15) is 9.59 Å². The van der Waals surface area contributed by atoms with Crippen molar-refractivity contribution in [1.29, 1.82) is 0 Å². The fraction of sp³-hybridized carbons (Fsp3) is 0.526. The van der Waals surface area contributed by atoms with Gasteiger partial charge in [0.2, 0.25) is 5.91 Å². The number of esters is 1. The summed E-state index contributed by atoms with van der Waals surface area (Å²) >= 11 is 0. The molecule has 6 nitrogen and oxygen atoms in total. The molecule has 0 aliphatic heterocycles. The van der Waals surface area contributed by atoms with E-state index in [2.05, 4.69) is 79.1 Å². The van der Waals surface area contributed by atoms with Crippen LogP contribution in [-0.4, -0.2) is 44.8 Å². The fourth-order valence-electron chi connectivity index (χ4n) is 5.47. The first-order chi connectivity index (χ1) is 20.3. The van der Waals surface area contributed by atoms with Gasteiger partial charge in [-0.1, -0.05) is 92.8 Å². The molecule has 0 atom stereocenters. The van der Waals surface area contributed by atoms with Gasteiger partial charge in [0.15, 0.2) is 0 Å². The maximum absolute atomic E-state index is 12.8. The lowest BCUT2D eigenvalue weighted by Gasteiger charge is -2.42. The zero-order valence-corrected chi connectivity index (χ0v) is 28.5. The Morgan fingerprint density at radius 3 is 1.98 bits per heavy atom. The molecule has 0 spiro atoms. The van der Waals surface area contributed by atoms with E-state index in [1.807, 2.05) is 26.0 Å².